The van der Waals surface area contributed by atoms with E-state index in [1.54, 1.807) is 25.1 Å². The van der Waals surface area contributed by atoms with Gasteiger partial charge in [0.05, 0.1) is 23.7 Å². The first-order chi connectivity index (χ1) is 14.3. The Hall–Kier alpha value is -2.46. The maximum Gasteiger partial charge on any atom is 0.338 e. The van der Waals surface area contributed by atoms with E-state index >= 15 is 0 Å². The lowest BCUT2D eigenvalue weighted by Crippen LogP contribution is -2.40. The molecule has 1 saturated heterocycles. The van der Waals surface area contributed by atoms with E-state index in [4.69, 9.17) is 21.1 Å². The zero-order valence-electron chi connectivity index (χ0n) is 16.3. The van der Waals surface area contributed by atoms with Crippen LogP contribution in [0.1, 0.15) is 15.9 Å². The van der Waals surface area contributed by atoms with Crippen molar-refractivity contribution in [1.82, 2.24) is 4.31 Å². The quantitative estimate of drug-likeness (QED) is 0.675. The fourth-order valence-corrected chi connectivity index (χ4v) is 4.47. The molecule has 1 amide bonds. The molecule has 10 heteroatoms. The third kappa shape index (κ3) is 5.37. The number of ether oxygens (including phenoxy) is 2. The smallest absolute Gasteiger partial charge is 0.338 e. The number of hydrogen-bond donors (Lipinski definition) is 1. The molecule has 1 heterocycles. The fraction of sp³-hybridized carbons (Fsp3) is 0.300. The summed E-state index contributed by atoms with van der Waals surface area (Å²) in [5.74, 6) is -1.28. The molecule has 2 aromatic rings. The van der Waals surface area contributed by atoms with Gasteiger partial charge in [-0.25, -0.2) is 13.2 Å². The molecule has 3 rings (SSSR count). The number of nitrogens with one attached hydrogen (secondary N) is 1. The van der Waals surface area contributed by atoms with Crippen molar-refractivity contribution in [2.24, 2.45) is 0 Å². The Balaban J connectivity index is 1.66. The van der Waals surface area contributed by atoms with Gasteiger partial charge in [-0.1, -0.05) is 23.7 Å². The Labute approximate surface area is 179 Å². The van der Waals surface area contributed by atoms with Crippen LogP contribution in [0.2, 0.25) is 5.02 Å². The summed E-state index contributed by atoms with van der Waals surface area (Å²) < 4.78 is 37.2. The van der Waals surface area contributed by atoms with Crippen molar-refractivity contribution in [2.75, 3.05) is 38.2 Å². The van der Waals surface area contributed by atoms with Gasteiger partial charge in [0.25, 0.3) is 5.91 Å². The van der Waals surface area contributed by atoms with Gasteiger partial charge in [0.15, 0.2) is 6.61 Å². The van der Waals surface area contributed by atoms with Crippen LogP contribution in [0.15, 0.2) is 47.4 Å². The van der Waals surface area contributed by atoms with Crippen LogP contribution in [0.3, 0.4) is 0 Å². The van der Waals surface area contributed by atoms with Crippen molar-refractivity contribution < 1.29 is 27.5 Å². The van der Waals surface area contributed by atoms with Gasteiger partial charge in [-0.3, -0.25) is 4.79 Å². The number of anilines is 1. The standard InChI is InChI=1S/C20H21ClN2O6S/c1-14-5-6-17(30(26,27)23-7-9-28-10-8-23)12-18(14)22-19(24)13-29-20(25)15-3-2-4-16(21)11-15/h2-6,11-12H,7-10,13H2,1H3,(H,22,24). The second-order valence-corrected chi connectivity index (χ2v) is 9.00. The minimum Gasteiger partial charge on any atom is -0.452 e. The lowest BCUT2D eigenvalue weighted by Gasteiger charge is -2.26. The molecule has 30 heavy (non-hydrogen) atoms. The number of sulfonamides is 1. The second-order valence-electron chi connectivity index (χ2n) is 6.63. The summed E-state index contributed by atoms with van der Waals surface area (Å²) in [5.41, 5.74) is 1.23. The predicted molar refractivity (Wildman–Crippen MR) is 111 cm³/mol. The third-order valence-corrected chi connectivity index (χ3v) is 6.62. The molecule has 8 nitrogen and oxygen atoms in total. The first kappa shape index (κ1) is 22.2. The van der Waals surface area contributed by atoms with Crippen LogP contribution < -0.4 is 5.32 Å². The van der Waals surface area contributed by atoms with E-state index in [1.165, 1.54) is 28.6 Å². The van der Waals surface area contributed by atoms with E-state index in [-0.39, 0.29) is 23.5 Å². The molecule has 0 aromatic heterocycles. The van der Waals surface area contributed by atoms with Gasteiger partial charge in [0, 0.05) is 23.8 Å². The summed E-state index contributed by atoms with van der Waals surface area (Å²) in [6.07, 6.45) is 0. The van der Waals surface area contributed by atoms with Crippen molar-refractivity contribution in [3.63, 3.8) is 0 Å². The summed E-state index contributed by atoms with van der Waals surface area (Å²) in [5, 5.41) is 2.97. The molecular formula is C20H21ClN2O6S. The highest BCUT2D eigenvalue weighted by Crippen LogP contribution is 2.23. The minimum absolute atomic E-state index is 0.0706. The van der Waals surface area contributed by atoms with Crippen LogP contribution in [0.25, 0.3) is 0 Å². The van der Waals surface area contributed by atoms with E-state index in [0.717, 1.165) is 0 Å². The normalized spacial score (nSPS) is 14.9. The Morgan fingerprint density at radius 3 is 2.60 bits per heavy atom. The first-order valence-electron chi connectivity index (χ1n) is 9.18. The fourth-order valence-electron chi connectivity index (χ4n) is 2.85. The lowest BCUT2D eigenvalue weighted by atomic mass is 10.2. The maximum absolute atomic E-state index is 12.8. The summed E-state index contributed by atoms with van der Waals surface area (Å²) in [4.78, 5) is 24.3. The molecule has 1 fully saturated rings. The number of benzene rings is 2. The average Bonchev–Trinajstić information content (AvgIpc) is 2.74. The summed E-state index contributed by atoms with van der Waals surface area (Å²) in [6, 6.07) is 10.7. The summed E-state index contributed by atoms with van der Waals surface area (Å²) >= 11 is 5.84. The number of aryl methyl sites for hydroxylation is 1. The molecule has 0 radical (unpaired) electrons. The molecule has 0 spiro atoms. The monoisotopic (exact) mass is 452 g/mol. The number of rotatable bonds is 6. The molecular weight excluding hydrogens is 432 g/mol. The first-order valence-corrected chi connectivity index (χ1v) is 11.0. The van der Waals surface area contributed by atoms with Crippen molar-refractivity contribution in [3.05, 3.63) is 58.6 Å². The highest BCUT2D eigenvalue weighted by atomic mass is 35.5. The number of esters is 1. The van der Waals surface area contributed by atoms with Gasteiger partial charge in [-0.05, 0) is 42.8 Å². The van der Waals surface area contributed by atoms with Gasteiger partial charge in [0.2, 0.25) is 10.0 Å². The van der Waals surface area contributed by atoms with Crippen LogP contribution in [-0.4, -0.2) is 57.5 Å². The molecule has 0 atom stereocenters. The van der Waals surface area contributed by atoms with Crippen molar-refractivity contribution in [2.45, 2.75) is 11.8 Å². The zero-order chi connectivity index (χ0) is 21.7. The lowest BCUT2D eigenvalue weighted by molar-refractivity contribution is -0.119. The molecule has 1 N–H and O–H groups in total. The number of morpholine rings is 1. The largest absolute Gasteiger partial charge is 0.452 e. The summed E-state index contributed by atoms with van der Waals surface area (Å²) in [6.45, 7) is 2.44. The minimum atomic E-state index is -3.70. The molecule has 0 aliphatic carbocycles. The number of amides is 1. The Bertz CT molecular complexity index is 1050. The molecule has 0 bridgehead atoms. The maximum atomic E-state index is 12.8. The molecule has 1 aliphatic heterocycles. The van der Waals surface area contributed by atoms with Gasteiger partial charge in [-0.15, -0.1) is 0 Å². The number of nitrogens with zero attached hydrogens (tertiary/aromatic N) is 1. The van der Waals surface area contributed by atoms with E-state index in [2.05, 4.69) is 5.32 Å². The van der Waals surface area contributed by atoms with Gasteiger partial charge < -0.3 is 14.8 Å². The number of hydrogen-bond acceptors (Lipinski definition) is 6. The third-order valence-electron chi connectivity index (χ3n) is 4.49. The molecule has 160 valence electrons. The van der Waals surface area contributed by atoms with Crippen molar-refractivity contribution in [1.29, 1.82) is 0 Å². The van der Waals surface area contributed by atoms with Crippen LogP contribution in [0.5, 0.6) is 0 Å². The van der Waals surface area contributed by atoms with Crippen LogP contribution in [-0.2, 0) is 24.3 Å². The molecule has 2 aromatic carbocycles. The molecule has 1 aliphatic rings. The highest BCUT2D eigenvalue weighted by Gasteiger charge is 2.27. The Morgan fingerprint density at radius 1 is 1.17 bits per heavy atom. The SMILES string of the molecule is Cc1ccc(S(=O)(=O)N2CCOCC2)cc1NC(=O)COC(=O)c1cccc(Cl)c1. The Morgan fingerprint density at radius 2 is 1.90 bits per heavy atom. The molecule has 0 saturated carbocycles. The second kappa shape index (κ2) is 9.57. The average molecular weight is 453 g/mol. The summed E-state index contributed by atoms with van der Waals surface area (Å²) in [7, 11) is -3.70. The number of carbonyl (C=O) groups excluding carboxylic acids is 2. The van der Waals surface area contributed by atoms with Crippen molar-refractivity contribution >= 4 is 39.2 Å². The van der Waals surface area contributed by atoms with Crippen LogP contribution in [0.4, 0.5) is 5.69 Å². The van der Waals surface area contributed by atoms with E-state index in [1.807, 2.05) is 0 Å². The highest BCUT2D eigenvalue weighted by molar-refractivity contribution is 7.89. The molecule has 0 unspecified atom stereocenters. The Kier molecular flexibility index (Phi) is 7.09. The van der Waals surface area contributed by atoms with Gasteiger partial charge in [0.1, 0.15) is 0 Å². The van der Waals surface area contributed by atoms with Crippen molar-refractivity contribution in [3.8, 4) is 0 Å². The van der Waals surface area contributed by atoms with Crippen LogP contribution in [0, 0.1) is 6.92 Å². The predicted octanol–water partition coefficient (Wildman–Crippen LogP) is 2.46. The van der Waals surface area contributed by atoms with E-state index < -0.39 is 28.5 Å². The zero-order valence-corrected chi connectivity index (χ0v) is 17.8. The topological polar surface area (TPSA) is 102 Å². The van der Waals surface area contributed by atoms with E-state index in [0.29, 0.717) is 29.5 Å². The number of carbonyl (C=O) groups is 2. The van der Waals surface area contributed by atoms with E-state index in [9.17, 15) is 18.0 Å². The number of halogens is 1. The van der Waals surface area contributed by atoms with Gasteiger partial charge in [-0.2, -0.15) is 4.31 Å². The van der Waals surface area contributed by atoms with Crippen LogP contribution >= 0.6 is 11.6 Å². The van der Waals surface area contributed by atoms with Gasteiger partial charge >= 0.3 is 5.97 Å².